The maximum absolute atomic E-state index is 11.6. The Hall–Kier alpha value is -2.04. The molecule has 0 aliphatic rings. The summed E-state index contributed by atoms with van der Waals surface area (Å²) >= 11 is 0. The van der Waals surface area contributed by atoms with Crippen LogP contribution in [0.5, 0.6) is 5.75 Å². The lowest BCUT2D eigenvalue weighted by Crippen LogP contribution is -2.11. The van der Waals surface area contributed by atoms with Crippen LogP contribution in [0.2, 0.25) is 0 Å². The van der Waals surface area contributed by atoms with E-state index >= 15 is 0 Å². The molecule has 2 N–H and O–H groups in total. The summed E-state index contributed by atoms with van der Waals surface area (Å²) in [5, 5.41) is 11.2. The number of rotatable bonds is 8. The van der Waals surface area contributed by atoms with Crippen molar-refractivity contribution in [1.82, 2.24) is 0 Å². The zero-order chi connectivity index (χ0) is 14.1. The molecule has 0 aliphatic heterocycles. The highest BCUT2D eigenvalue weighted by molar-refractivity contribution is 5.90. The first kappa shape index (κ1) is 15.0. The number of carboxylic acids is 1. The van der Waals surface area contributed by atoms with Gasteiger partial charge in [-0.3, -0.25) is 9.59 Å². The maximum atomic E-state index is 11.6. The van der Waals surface area contributed by atoms with Crippen molar-refractivity contribution >= 4 is 17.6 Å². The van der Waals surface area contributed by atoms with Crippen molar-refractivity contribution in [1.29, 1.82) is 0 Å². The van der Waals surface area contributed by atoms with Crippen molar-refractivity contribution in [3.05, 3.63) is 24.3 Å². The summed E-state index contributed by atoms with van der Waals surface area (Å²) in [6.07, 6.45) is 1.52. The Morgan fingerprint density at radius 2 is 2.00 bits per heavy atom. The van der Waals surface area contributed by atoms with Gasteiger partial charge in [-0.15, -0.1) is 0 Å². The Labute approximate surface area is 112 Å². The normalized spacial score (nSPS) is 9.95. The zero-order valence-corrected chi connectivity index (χ0v) is 11.0. The summed E-state index contributed by atoms with van der Waals surface area (Å²) in [4.78, 5) is 21.9. The predicted molar refractivity (Wildman–Crippen MR) is 72.3 cm³/mol. The third-order valence-electron chi connectivity index (χ3n) is 2.47. The summed E-state index contributed by atoms with van der Waals surface area (Å²) in [5.41, 5.74) is 0.689. The van der Waals surface area contributed by atoms with Crippen LogP contribution in [-0.2, 0) is 9.59 Å². The van der Waals surface area contributed by atoms with Crippen molar-refractivity contribution in [3.8, 4) is 5.75 Å². The van der Waals surface area contributed by atoms with Crippen LogP contribution in [0.25, 0.3) is 0 Å². The molecule has 0 saturated heterocycles. The molecule has 5 nitrogen and oxygen atoms in total. The molecule has 1 rings (SSSR count). The van der Waals surface area contributed by atoms with Gasteiger partial charge >= 0.3 is 5.97 Å². The average molecular weight is 265 g/mol. The predicted octanol–water partition coefficient (Wildman–Crippen LogP) is 2.67. The van der Waals surface area contributed by atoms with Gasteiger partial charge in [-0.1, -0.05) is 6.07 Å². The van der Waals surface area contributed by atoms with Crippen LogP contribution in [0.3, 0.4) is 0 Å². The van der Waals surface area contributed by atoms with Crippen molar-refractivity contribution in [3.63, 3.8) is 0 Å². The summed E-state index contributed by atoms with van der Waals surface area (Å²) in [6, 6.07) is 7.19. The van der Waals surface area contributed by atoms with Crippen molar-refractivity contribution in [2.24, 2.45) is 0 Å². The molecular weight excluding hydrogens is 246 g/mol. The largest absolute Gasteiger partial charge is 0.494 e. The molecule has 0 aromatic heterocycles. The lowest BCUT2D eigenvalue weighted by atomic mass is 10.2. The third-order valence-corrected chi connectivity index (χ3v) is 2.47. The van der Waals surface area contributed by atoms with Crippen molar-refractivity contribution in [2.45, 2.75) is 32.6 Å². The highest BCUT2D eigenvalue weighted by Crippen LogP contribution is 2.17. The van der Waals surface area contributed by atoms with E-state index in [9.17, 15) is 9.59 Å². The van der Waals surface area contributed by atoms with Crippen LogP contribution >= 0.6 is 0 Å². The van der Waals surface area contributed by atoms with E-state index in [1.54, 1.807) is 12.1 Å². The molecule has 0 unspecified atom stereocenters. The minimum atomic E-state index is -0.829. The Balaban J connectivity index is 2.35. The fourth-order valence-corrected chi connectivity index (χ4v) is 1.62. The molecule has 19 heavy (non-hydrogen) atoms. The number of amides is 1. The second-order valence-electron chi connectivity index (χ2n) is 4.11. The molecule has 5 heteroatoms. The Morgan fingerprint density at radius 3 is 2.68 bits per heavy atom. The topological polar surface area (TPSA) is 75.6 Å². The van der Waals surface area contributed by atoms with Gasteiger partial charge in [-0.05, 0) is 31.9 Å². The van der Waals surface area contributed by atoms with Gasteiger partial charge in [0.2, 0.25) is 5.91 Å². The number of nitrogens with one attached hydrogen (secondary N) is 1. The van der Waals surface area contributed by atoms with Gasteiger partial charge in [0.05, 0.1) is 6.61 Å². The lowest BCUT2D eigenvalue weighted by Gasteiger charge is -2.07. The van der Waals surface area contributed by atoms with E-state index in [0.29, 0.717) is 37.3 Å². The number of carbonyl (C=O) groups is 2. The molecule has 0 atom stereocenters. The smallest absolute Gasteiger partial charge is 0.303 e. The molecule has 1 aromatic carbocycles. The second kappa shape index (κ2) is 8.13. The van der Waals surface area contributed by atoms with Crippen LogP contribution in [-0.4, -0.2) is 23.6 Å². The van der Waals surface area contributed by atoms with E-state index < -0.39 is 5.97 Å². The van der Waals surface area contributed by atoms with E-state index in [-0.39, 0.29) is 12.3 Å². The van der Waals surface area contributed by atoms with Crippen LogP contribution in [0, 0.1) is 0 Å². The first-order valence-electron chi connectivity index (χ1n) is 6.36. The van der Waals surface area contributed by atoms with Gasteiger partial charge < -0.3 is 15.2 Å². The molecule has 1 amide bonds. The fraction of sp³-hybridized carbons (Fsp3) is 0.429. The van der Waals surface area contributed by atoms with Crippen molar-refractivity contribution in [2.75, 3.05) is 11.9 Å². The van der Waals surface area contributed by atoms with E-state index in [4.69, 9.17) is 9.84 Å². The van der Waals surface area contributed by atoms with Crippen molar-refractivity contribution < 1.29 is 19.4 Å². The molecule has 0 bridgehead atoms. The second-order valence-corrected chi connectivity index (χ2v) is 4.11. The first-order valence-corrected chi connectivity index (χ1v) is 6.36. The molecule has 0 heterocycles. The molecule has 1 aromatic rings. The van der Waals surface area contributed by atoms with Crippen LogP contribution in [0.1, 0.15) is 32.6 Å². The number of anilines is 1. The SMILES string of the molecule is CCOc1cccc(NC(=O)CCCCC(=O)O)c1. The quantitative estimate of drug-likeness (QED) is 0.708. The molecule has 0 saturated carbocycles. The van der Waals surface area contributed by atoms with Gasteiger partial charge in [-0.2, -0.15) is 0 Å². The average Bonchev–Trinajstić information content (AvgIpc) is 2.35. The van der Waals surface area contributed by atoms with Gasteiger partial charge in [0, 0.05) is 24.6 Å². The van der Waals surface area contributed by atoms with E-state index in [1.807, 2.05) is 19.1 Å². The lowest BCUT2D eigenvalue weighted by molar-refractivity contribution is -0.137. The Morgan fingerprint density at radius 1 is 1.26 bits per heavy atom. The number of hydrogen-bond donors (Lipinski definition) is 2. The molecule has 0 aliphatic carbocycles. The van der Waals surface area contributed by atoms with Gasteiger partial charge in [0.15, 0.2) is 0 Å². The number of hydrogen-bond acceptors (Lipinski definition) is 3. The summed E-state index contributed by atoms with van der Waals surface area (Å²) < 4.78 is 5.34. The standard InChI is InChI=1S/C14H19NO4/c1-2-19-12-7-5-6-11(10-12)15-13(16)8-3-4-9-14(17)18/h5-7,10H,2-4,8-9H2,1H3,(H,15,16)(H,17,18). The number of benzene rings is 1. The molecule has 0 radical (unpaired) electrons. The summed E-state index contributed by atoms with van der Waals surface area (Å²) in [6.45, 7) is 2.47. The molecular formula is C14H19NO4. The third kappa shape index (κ3) is 6.45. The number of ether oxygens (including phenoxy) is 1. The molecule has 0 spiro atoms. The Bertz CT molecular complexity index is 431. The van der Waals surface area contributed by atoms with Crippen LogP contribution < -0.4 is 10.1 Å². The van der Waals surface area contributed by atoms with E-state index in [1.165, 1.54) is 0 Å². The summed E-state index contributed by atoms with van der Waals surface area (Å²) in [5.74, 6) is -0.227. The number of carboxylic acid groups (broad SMARTS) is 1. The van der Waals surface area contributed by atoms with E-state index in [2.05, 4.69) is 5.32 Å². The highest BCUT2D eigenvalue weighted by atomic mass is 16.5. The van der Waals surface area contributed by atoms with Crippen LogP contribution in [0.4, 0.5) is 5.69 Å². The minimum Gasteiger partial charge on any atom is -0.494 e. The number of aliphatic carboxylic acids is 1. The van der Waals surface area contributed by atoms with Gasteiger partial charge in [-0.25, -0.2) is 0 Å². The van der Waals surface area contributed by atoms with Gasteiger partial charge in [0.25, 0.3) is 0 Å². The van der Waals surface area contributed by atoms with E-state index in [0.717, 1.165) is 0 Å². The molecule has 0 fully saturated rings. The summed E-state index contributed by atoms with van der Waals surface area (Å²) in [7, 11) is 0. The monoisotopic (exact) mass is 265 g/mol. The first-order chi connectivity index (χ1) is 9.11. The maximum Gasteiger partial charge on any atom is 0.303 e. The fourth-order valence-electron chi connectivity index (χ4n) is 1.62. The molecule has 104 valence electrons. The zero-order valence-electron chi connectivity index (χ0n) is 11.0. The van der Waals surface area contributed by atoms with Crippen LogP contribution in [0.15, 0.2) is 24.3 Å². The number of unbranched alkanes of at least 4 members (excludes halogenated alkanes) is 1. The van der Waals surface area contributed by atoms with Gasteiger partial charge in [0.1, 0.15) is 5.75 Å². The highest BCUT2D eigenvalue weighted by Gasteiger charge is 2.04. The minimum absolute atomic E-state index is 0.104. The Kier molecular flexibility index (Phi) is 6.43. The number of carbonyl (C=O) groups excluding carboxylic acids is 1.